The minimum absolute atomic E-state index is 0. The molecule has 12 atom stereocenters. The summed E-state index contributed by atoms with van der Waals surface area (Å²) in [7, 11) is 1.75. The molecule has 0 saturated carbocycles. The molecular formula is C41H60Cl2IN5Na2O18+2. The molecule has 0 bridgehead atoms. The van der Waals surface area contributed by atoms with E-state index in [-0.39, 0.29) is 120 Å². The number of nitrogens with two attached hydrogens (primary N) is 2. The third-order valence-corrected chi connectivity index (χ3v) is 10.3. The Morgan fingerprint density at radius 1 is 0.652 bits per heavy atom. The van der Waals surface area contributed by atoms with Crippen molar-refractivity contribution in [2.75, 3.05) is 34.0 Å². The summed E-state index contributed by atoms with van der Waals surface area (Å²) in [6.07, 6.45) is -0.297. The topological polar surface area (TPSA) is 360 Å². The summed E-state index contributed by atoms with van der Waals surface area (Å²) < 4.78 is 31.4. The number of esters is 2. The Hall–Kier alpha value is -2.13. The molecule has 3 saturated heterocycles. The van der Waals surface area contributed by atoms with Crippen LogP contribution in [0.1, 0.15) is 78.0 Å². The van der Waals surface area contributed by atoms with Crippen molar-refractivity contribution >= 4 is 50.1 Å². The van der Waals surface area contributed by atoms with Crippen LogP contribution in [0.3, 0.4) is 0 Å². The molecule has 6 heterocycles. The van der Waals surface area contributed by atoms with Crippen LogP contribution in [-0.2, 0) is 33.3 Å². The molecule has 0 unspecified atom stereocenters. The van der Waals surface area contributed by atoms with Gasteiger partial charge < -0.3 is 101 Å². The molecule has 0 aromatic carbocycles. The molecule has 6 rings (SSSR count). The van der Waals surface area contributed by atoms with Crippen LogP contribution in [0.15, 0.2) is 73.6 Å². The van der Waals surface area contributed by atoms with Gasteiger partial charge in [0.1, 0.15) is 48.3 Å². The number of carbonyl (C=O) groups excluding carboxylic acids is 5. The number of hydrogen-bond donors (Lipinski definition) is 9. The first-order valence-corrected chi connectivity index (χ1v) is 20.3. The molecule has 28 heteroatoms. The second kappa shape index (κ2) is 36.7. The van der Waals surface area contributed by atoms with Crippen LogP contribution in [0.25, 0.3) is 0 Å². The number of aromatic nitrogens is 3. The molecular weight excluding hydrogens is 1090 g/mol. The fraction of sp³-hybridized carbons (Fsp3) is 0.512. The van der Waals surface area contributed by atoms with Gasteiger partial charge in [0.05, 0.1) is 18.8 Å². The SMILES string of the molecule is C.CC(=O)OC[C@H]1O[C@@H]([n+]2cccc(C(N)=O)c2)[C@H](OC(C)=O)[C@@H]1C.CO.C[O-].NC(=O)c1ccc[n+]([C@@H]2O[C@H](CO)[C@@H](O)[C@H]2O)c1.O=C(I)c1ccc[n+]([C@@H]2O[C@H](CO)[C@@H](O)[C@H]2O)c1.[Cl-].[Cl-].[Na+].[Na+]. The molecule has 11 N–H and O–H groups in total. The number of halogens is 3. The minimum Gasteiger partial charge on any atom is -1.00 e. The Morgan fingerprint density at radius 2 is 1.00 bits per heavy atom. The standard InChI is InChI=1S/C16H20N2O6.C11H13INO5.C11H14N2O5.CH4O.CH3O.CH4.2ClH.2Na/c1-9-13(8-22-10(2)19)24-16(14(9)23-11(3)20)18-6-4-5-12(7-18)15(17)21;2*12-10(17)6-2-1-3-13(4-6)11-9(16)8(15)7(5-14)18-11;2*1-2;;;;;/h4-7,9,13-14,16H,8H2,1-3H3,(H-,17,21);1-4,7-9,11,14-16H,5H2;1-4,7-9,11,14-16H,5H2,(H-,12,17);2H,1H3;1H3;1H4;2*1H;;/q;+1;;;-1;;;;2*+1/t9-,13-,14-,16-;2*7-,8-,9-,11-;;;;;;;/m111......./s1. The number of ether oxygens (including phenoxy) is 5. The van der Waals surface area contributed by atoms with Crippen molar-refractivity contribution in [3.63, 3.8) is 0 Å². The number of nitrogens with zero attached hydrogens (tertiary/aromatic N) is 3. The summed E-state index contributed by atoms with van der Waals surface area (Å²) in [5, 5.41) is 72.2. The number of amides is 2. The van der Waals surface area contributed by atoms with Gasteiger partial charge in [-0.15, -0.1) is 0 Å². The van der Waals surface area contributed by atoms with Crippen molar-refractivity contribution in [1.82, 2.24) is 0 Å². The van der Waals surface area contributed by atoms with Gasteiger partial charge in [-0.05, 0) is 18.2 Å². The molecule has 69 heavy (non-hydrogen) atoms. The van der Waals surface area contributed by atoms with Crippen molar-refractivity contribution in [2.45, 2.75) is 95.7 Å². The van der Waals surface area contributed by atoms with Crippen LogP contribution in [0.2, 0.25) is 0 Å². The smallest absolute Gasteiger partial charge is 1.00 e. The van der Waals surface area contributed by atoms with E-state index < -0.39 is 97.9 Å². The number of rotatable bonds is 11. The van der Waals surface area contributed by atoms with Gasteiger partial charge in [0.2, 0.25) is 3.79 Å². The van der Waals surface area contributed by atoms with E-state index in [2.05, 4.69) is 0 Å². The Labute approximate surface area is 469 Å². The molecule has 3 aromatic heterocycles. The predicted molar refractivity (Wildman–Crippen MR) is 227 cm³/mol. The Bertz CT molecular complexity index is 1940. The van der Waals surface area contributed by atoms with Crippen LogP contribution in [0.4, 0.5) is 0 Å². The molecule has 0 radical (unpaired) electrons. The van der Waals surface area contributed by atoms with Gasteiger partial charge in [-0.1, -0.05) is 14.4 Å². The summed E-state index contributed by atoms with van der Waals surface area (Å²) in [6.45, 7) is 3.76. The third kappa shape index (κ3) is 21.1. The Kier molecular flexibility index (Phi) is 39.1. The first-order chi connectivity index (χ1) is 30.4. The quantitative estimate of drug-likeness (QED) is 0.0283. The molecule has 3 aromatic rings. The maximum absolute atomic E-state index is 11.4. The Morgan fingerprint density at radius 3 is 1.32 bits per heavy atom. The van der Waals surface area contributed by atoms with Crippen molar-refractivity contribution in [2.24, 2.45) is 17.4 Å². The summed E-state index contributed by atoms with van der Waals surface area (Å²) in [6, 6.07) is 9.63. The average Bonchev–Trinajstić information content (AvgIpc) is 3.88. The first-order valence-electron chi connectivity index (χ1n) is 19.3. The Balaban J connectivity index is -0.000000432. The zero-order valence-electron chi connectivity index (χ0n) is 38.2. The van der Waals surface area contributed by atoms with Crippen molar-refractivity contribution in [1.29, 1.82) is 0 Å². The van der Waals surface area contributed by atoms with Crippen LogP contribution in [-0.4, -0.2) is 146 Å². The second-order valence-corrected chi connectivity index (χ2v) is 14.9. The number of primary amides is 2. The normalized spacial score (nSPS) is 25.7. The third-order valence-electron chi connectivity index (χ3n) is 9.63. The fourth-order valence-corrected chi connectivity index (χ4v) is 6.77. The van der Waals surface area contributed by atoms with E-state index in [1.54, 1.807) is 76.1 Å². The number of hydrogen-bond acceptors (Lipinski definition) is 18. The molecule has 0 aliphatic carbocycles. The molecule has 378 valence electrons. The van der Waals surface area contributed by atoms with E-state index in [1.807, 2.05) is 6.92 Å². The van der Waals surface area contributed by atoms with Gasteiger partial charge in [0.15, 0.2) is 55.5 Å². The zero-order chi connectivity index (χ0) is 48.4. The van der Waals surface area contributed by atoms with Crippen molar-refractivity contribution in [3.8, 4) is 0 Å². The van der Waals surface area contributed by atoms with Crippen LogP contribution >= 0.6 is 22.6 Å². The van der Waals surface area contributed by atoms with Crippen LogP contribution in [0, 0.1) is 5.92 Å². The molecule has 3 aliphatic heterocycles. The van der Waals surface area contributed by atoms with E-state index in [0.29, 0.717) is 11.1 Å². The number of aliphatic hydroxyl groups is 7. The summed E-state index contributed by atoms with van der Waals surface area (Å²) in [5.74, 6) is -2.24. The molecule has 23 nitrogen and oxygen atoms in total. The van der Waals surface area contributed by atoms with Gasteiger partial charge in [0.25, 0.3) is 24.3 Å². The number of carbonyl (C=O) groups is 5. The molecule has 3 fully saturated rings. The van der Waals surface area contributed by atoms with Gasteiger partial charge in [0, 0.05) is 67.7 Å². The van der Waals surface area contributed by atoms with E-state index in [4.69, 9.17) is 55.6 Å². The molecule has 0 spiro atoms. The number of aliphatic hydroxyl groups excluding tert-OH is 7. The largest absolute Gasteiger partial charge is 1.00 e. The summed E-state index contributed by atoms with van der Waals surface area (Å²) in [5.41, 5.74) is 11.5. The maximum Gasteiger partial charge on any atom is 1.00 e. The molecule has 2 amide bonds. The first kappa shape index (κ1) is 73.4. The van der Waals surface area contributed by atoms with E-state index in [1.165, 1.54) is 47.6 Å². The zero-order valence-corrected chi connectivity index (χ0v) is 45.9. The molecule has 3 aliphatic rings. The second-order valence-electron chi connectivity index (χ2n) is 13.9. The summed E-state index contributed by atoms with van der Waals surface area (Å²) >= 11 is 1.66. The summed E-state index contributed by atoms with van der Waals surface area (Å²) in [4.78, 5) is 56.1. The monoisotopic (exact) mass is 1150 g/mol. The van der Waals surface area contributed by atoms with Crippen LogP contribution < -0.4 is 114 Å². The fourth-order valence-electron chi connectivity index (χ4n) is 6.45. The maximum atomic E-state index is 11.4. The van der Waals surface area contributed by atoms with Gasteiger partial charge >= 0.3 is 77.3 Å². The average molecular weight is 1150 g/mol. The van der Waals surface area contributed by atoms with E-state index in [0.717, 1.165) is 14.2 Å². The minimum atomic E-state index is -1.18. The predicted octanol–water partition coefficient (Wildman–Crippen LogP) is -15.8. The van der Waals surface area contributed by atoms with Crippen molar-refractivity contribution in [3.05, 3.63) is 90.3 Å². The van der Waals surface area contributed by atoms with Crippen LogP contribution in [0.5, 0.6) is 0 Å². The van der Waals surface area contributed by atoms with E-state index >= 15 is 0 Å². The van der Waals surface area contributed by atoms with Gasteiger partial charge in [-0.25, -0.2) is 0 Å². The van der Waals surface area contributed by atoms with Gasteiger partial charge in [-0.2, -0.15) is 20.8 Å². The van der Waals surface area contributed by atoms with Gasteiger partial charge in [-0.3, -0.25) is 24.0 Å². The van der Waals surface area contributed by atoms with Crippen molar-refractivity contribution < 1.29 is 186 Å². The van der Waals surface area contributed by atoms with E-state index in [9.17, 15) is 44.4 Å². The number of pyridine rings is 3.